The van der Waals surface area contributed by atoms with E-state index in [-0.39, 0.29) is 35.3 Å². The molecule has 24 heavy (non-hydrogen) atoms. The predicted octanol–water partition coefficient (Wildman–Crippen LogP) is 3.35. The Labute approximate surface area is 138 Å². The van der Waals surface area contributed by atoms with E-state index in [1.54, 1.807) is 0 Å². The lowest BCUT2D eigenvalue weighted by molar-refractivity contribution is -0.157. The van der Waals surface area contributed by atoms with Gasteiger partial charge in [0.2, 0.25) is 11.8 Å². The van der Waals surface area contributed by atoms with Crippen LogP contribution in [0, 0.1) is 5.92 Å². The van der Waals surface area contributed by atoms with Crippen LogP contribution in [0.2, 0.25) is 0 Å². The molecule has 0 aromatic heterocycles. The van der Waals surface area contributed by atoms with Gasteiger partial charge in [0.1, 0.15) is 6.54 Å². The van der Waals surface area contributed by atoms with Crippen LogP contribution in [0.15, 0.2) is 29.2 Å². The number of nitrogens with one attached hydrogen (secondary N) is 1. The Hall–Kier alpha value is -1.84. The zero-order chi connectivity index (χ0) is 17.9. The van der Waals surface area contributed by atoms with Crippen molar-refractivity contribution in [2.75, 3.05) is 18.4 Å². The molecule has 0 saturated carbocycles. The number of carbonyl (C=O) groups is 2. The summed E-state index contributed by atoms with van der Waals surface area (Å²) in [6.07, 6.45) is -4.88. The summed E-state index contributed by atoms with van der Waals surface area (Å²) in [6.45, 7) is -1.76. The molecule has 1 N–H and O–H groups in total. The highest BCUT2D eigenvalue weighted by atomic mass is 32.2. The molecule has 1 unspecified atom stereocenters. The Balaban J connectivity index is 2.02. The van der Waals surface area contributed by atoms with Gasteiger partial charge in [-0.25, -0.2) is 0 Å². The third-order valence-electron chi connectivity index (χ3n) is 3.32. The maximum atomic E-state index is 12.5. The fraction of sp³-hybridized carbons (Fsp3) is 0.429. The first-order valence-electron chi connectivity index (χ1n) is 6.85. The predicted molar refractivity (Wildman–Crippen MR) is 77.7 cm³/mol. The summed E-state index contributed by atoms with van der Waals surface area (Å²) in [5.41, 5.74) is 0.134. The minimum atomic E-state index is -4.54. The van der Waals surface area contributed by atoms with Gasteiger partial charge in [0.15, 0.2) is 0 Å². The second-order valence-electron chi connectivity index (χ2n) is 5.15. The molecule has 4 nitrogen and oxygen atoms in total. The molecule has 0 spiro atoms. The lowest BCUT2D eigenvalue weighted by Gasteiger charge is -2.18. The highest BCUT2D eigenvalue weighted by Gasteiger charge is 2.40. The van der Waals surface area contributed by atoms with E-state index in [9.17, 15) is 31.5 Å². The van der Waals surface area contributed by atoms with E-state index in [0.717, 1.165) is 0 Å². The molecule has 1 aliphatic heterocycles. The van der Waals surface area contributed by atoms with Crippen molar-refractivity contribution < 1.29 is 31.5 Å². The molecule has 1 saturated heterocycles. The summed E-state index contributed by atoms with van der Waals surface area (Å²) in [5, 5.41) is 2.41. The topological polar surface area (TPSA) is 49.4 Å². The lowest BCUT2D eigenvalue weighted by Crippen LogP contribution is -2.36. The number of rotatable bonds is 5. The van der Waals surface area contributed by atoms with Gasteiger partial charge in [-0.1, -0.05) is 23.9 Å². The normalized spacial score (nSPS) is 18.3. The summed E-state index contributed by atoms with van der Waals surface area (Å²) in [5.74, 6) is -5.07. The average molecular weight is 368 g/mol. The van der Waals surface area contributed by atoms with Gasteiger partial charge >= 0.3 is 6.18 Å². The number of carbonyl (C=O) groups excluding carboxylic acids is 2. The zero-order valence-corrected chi connectivity index (χ0v) is 13.0. The van der Waals surface area contributed by atoms with Crippen molar-refractivity contribution in [1.29, 1.82) is 0 Å². The number of anilines is 1. The van der Waals surface area contributed by atoms with E-state index in [1.807, 2.05) is 0 Å². The van der Waals surface area contributed by atoms with Crippen molar-refractivity contribution >= 4 is 29.3 Å². The van der Waals surface area contributed by atoms with Gasteiger partial charge in [-0.3, -0.25) is 9.59 Å². The largest absolute Gasteiger partial charge is 0.406 e. The van der Waals surface area contributed by atoms with E-state index in [2.05, 4.69) is 5.32 Å². The maximum Gasteiger partial charge on any atom is 0.406 e. The number of amides is 2. The van der Waals surface area contributed by atoms with E-state index < -0.39 is 36.2 Å². The van der Waals surface area contributed by atoms with Crippen LogP contribution in [0.25, 0.3) is 0 Å². The molecule has 2 rings (SSSR count). The van der Waals surface area contributed by atoms with Crippen LogP contribution in [0.5, 0.6) is 0 Å². The van der Waals surface area contributed by atoms with Gasteiger partial charge in [0, 0.05) is 17.9 Å². The Morgan fingerprint density at radius 3 is 2.62 bits per heavy atom. The Bertz CT molecular complexity index is 623. The summed E-state index contributed by atoms with van der Waals surface area (Å²) in [7, 11) is 0. The van der Waals surface area contributed by atoms with Crippen LogP contribution >= 0.6 is 11.8 Å². The number of hydrogen-bond acceptors (Lipinski definition) is 3. The Morgan fingerprint density at radius 1 is 1.33 bits per heavy atom. The SMILES string of the molecule is O=C(Nc1ccccc1SC(F)F)C1CC(=O)N(CC(F)(F)F)C1. The second-order valence-corrected chi connectivity index (χ2v) is 6.19. The molecule has 0 bridgehead atoms. The maximum absolute atomic E-state index is 12.5. The van der Waals surface area contributed by atoms with Crippen LogP contribution in [0.3, 0.4) is 0 Å². The molecule has 1 heterocycles. The van der Waals surface area contributed by atoms with E-state index in [0.29, 0.717) is 4.90 Å². The molecule has 2 amide bonds. The van der Waals surface area contributed by atoms with E-state index in [1.165, 1.54) is 24.3 Å². The van der Waals surface area contributed by atoms with Crippen molar-refractivity contribution in [2.24, 2.45) is 5.92 Å². The molecule has 1 aromatic carbocycles. The number of thioether (sulfide) groups is 1. The van der Waals surface area contributed by atoms with Crippen LogP contribution in [-0.2, 0) is 9.59 Å². The molecule has 10 heteroatoms. The van der Waals surface area contributed by atoms with Crippen LogP contribution in [-0.4, -0.2) is 41.7 Å². The molecule has 0 radical (unpaired) electrons. The molecular weight excluding hydrogens is 355 g/mol. The highest BCUT2D eigenvalue weighted by Crippen LogP contribution is 2.32. The molecule has 0 aliphatic carbocycles. The Kier molecular flexibility index (Phi) is 5.68. The molecule has 1 aliphatic rings. The van der Waals surface area contributed by atoms with Gasteiger partial charge in [-0.05, 0) is 12.1 Å². The summed E-state index contributed by atoms with van der Waals surface area (Å²) in [4.78, 5) is 24.4. The number of benzene rings is 1. The van der Waals surface area contributed by atoms with Crippen LogP contribution < -0.4 is 5.32 Å². The van der Waals surface area contributed by atoms with Crippen molar-refractivity contribution in [3.05, 3.63) is 24.3 Å². The van der Waals surface area contributed by atoms with E-state index in [4.69, 9.17) is 0 Å². The number of hydrogen-bond donors (Lipinski definition) is 1. The first kappa shape index (κ1) is 18.5. The molecule has 132 valence electrons. The highest BCUT2D eigenvalue weighted by molar-refractivity contribution is 7.99. The lowest BCUT2D eigenvalue weighted by atomic mass is 10.1. The number of alkyl halides is 5. The average Bonchev–Trinajstić information content (AvgIpc) is 2.80. The fourth-order valence-electron chi connectivity index (χ4n) is 2.32. The summed E-state index contributed by atoms with van der Waals surface area (Å²) in [6, 6.07) is 5.85. The number of halogens is 5. The smallest absolute Gasteiger partial charge is 0.333 e. The van der Waals surface area contributed by atoms with Crippen LogP contribution in [0.1, 0.15) is 6.42 Å². The van der Waals surface area contributed by atoms with Gasteiger partial charge < -0.3 is 10.2 Å². The second kappa shape index (κ2) is 7.37. The van der Waals surface area contributed by atoms with Crippen molar-refractivity contribution in [3.8, 4) is 0 Å². The Morgan fingerprint density at radius 2 is 2.00 bits per heavy atom. The minimum absolute atomic E-state index is 0.134. The van der Waals surface area contributed by atoms with Gasteiger partial charge in [-0.2, -0.15) is 22.0 Å². The third kappa shape index (κ3) is 5.08. The molecule has 1 atom stereocenters. The van der Waals surface area contributed by atoms with Gasteiger partial charge in [-0.15, -0.1) is 0 Å². The minimum Gasteiger partial charge on any atom is -0.333 e. The van der Waals surface area contributed by atoms with Gasteiger partial charge in [0.25, 0.3) is 5.76 Å². The standard InChI is InChI=1S/C14H13F5N2O2S/c15-13(16)24-10-4-2-1-3-9(10)20-12(23)8-5-11(22)21(6-8)7-14(17,18)19/h1-4,8,13H,5-7H2,(H,20,23). The number of para-hydroxylation sites is 1. The third-order valence-corrected chi connectivity index (χ3v) is 4.10. The quantitative estimate of drug-likeness (QED) is 0.641. The molecule has 1 aromatic rings. The molecule has 1 fully saturated rings. The first-order valence-corrected chi connectivity index (χ1v) is 7.73. The summed E-state index contributed by atoms with van der Waals surface area (Å²) < 4.78 is 62.1. The fourth-order valence-corrected chi connectivity index (χ4v) is 2.92. The van der Waals surface area contributed by atoms with Crippen molar-refractivity contribution in [2.45, 2.75) is 23.3 Å². The number of likely N-dealkylation sites (tertiary alicyclic amines) is 1. The van der Waals surface area contributed by atoms with Gasteiger partial charge in [0.05, 0.1) is 11.6 Å². The van der Waals surface area contributed by atoms with Crippen LogP contribution in [0.4, 0.5) is 27.6 Å². The molecular formula is C14H13F5N2O2S. The summed E-state index contributed by atoms with van der Waals surface area (Å²) >= 11 is 0.244. The first-order chi connectivity index (χ1) is 11.2. The van der Waals surface area contributed by atoms with Crippen molar-refractivity contribution in [3.63, 3.8) is 0 Å². The van der Waals surface area contributed by atoms with E-state index >= 15 is 0 Å². The zero-order valence-electron chi connectivity index (χ0n) is 12.1. The monoisotopic (exact) mass is 368 g/mol. The number of nitrogens with zero attached hydrogens (tertiary/aromatic N) is 1. The van der Waals surface area contributed by atoms with Crippen molar-refractivity contribution in [1.82, 2.24) is 4.90 Å².